The summed E-state index contributed by atoms with van der Waals surface area (Å²) < 4.78 is 6.31. The smallest absolute Gasteiger partial charge is 0.350 e. The van der Waals surface area contributed by atoms with Gasteiger partial charge in [-0.2, -0.15) is 0 Å². The number of hydrogen-bond donors (Lipinski definition) is 1. The molecule has 0 aliphatic heterocycles. The highest BCUT2D eigenvalue weighted by Crippen LogP contribution is 2.31. The third-order valence-electron chi connectivity index (χ3n) is 5.32. The Morgan fingerprint density at radius 3 is 2.69 bits per heavy atom. The molecular weight excluding hydrogens is 484 g/mol. The van der Waals surface area contributed by atoms with Crippen LogP contribution in [0.2, 0.25) is 0 Å². The van der Waals surface area contributed by atoms with Crippen molar-refractivity contribution in [2.24, 2.45) is 0 Å². The minimum Gasteiger partial charge on any atom is -0.457 e. The van der Waals surface area contributed by atoms with Gasteiger partial charge in [0.25, 0.3) is 5.56 Å². The minimum atomic E-state index is -0.530. The van der Waals surface area contributed by atoms with Crippen LogP contribution in [0.3, 0.4) is 0 Å². The highest BCUT2D eigenvalue weighted by Gasteiger charge is 2.19. The molecule has 0 radical (unpaired) electrons. The molecule has 0 bridgehead atoms. The molecule has 0 aliphatic rings. The van der Waals surface area contributed by atoms with E-state index in [2.05, 4.69) is 47.8 Å². The molecule has 0 fully saturated rings. The van der Waals surface area contributed by atoms with Crippen molar-refractivity contribution < 1.29 is 14.3 Å². The van der Waals surface area contributed by atoms with Crippen molar-refractivity contribution in [2.45, 2.75) is 33.2 Å². The van der Waals surface area contributed by atoms with Crippen LogP contribution >= 0.6 is 22.7 Å². The number of hydrogen-bond acceptors (Lipinski definition) is 8. The van der Waals surface area contributed by atoms with Crippen molar-refractivity contribution in [1.29, 1.82) is 0 Å². The fourth-order valence-electron chi connectivity index (χ4n) is 3.49. The molecule has 0 spiro atoms. The number of nitrogens with zero attached hydrogens (tertiary/aromatic N) is 3. The van der Waals surface area contributed by atoms with E-state index in [0.29, 0.717) is 26.7 Å². The lowest BCUT2D eigenvalue weighted by atomic mass is 9.99. The van der Waals surface area contributed by atoms with E-state index in [1.807, 2.05) is 17.5 Å². The zero-order valence-electron chi connectivity index (χ0n) is 19.5. The summed E-state index contributed by atoms with van der Waals surface area (Å²) in [6, 6.07) is 8.12. The molecule has 0 saturated heterocycles. The summed E-state index contributed by atoms with van der Waals surface area (Å²) in [6.07, 6.45) is 2.84. The fourth-order valence-corrected chi connectivity index (χ4v) is 5.28. The molecule has 0 atom stereocenters. The van der Waals surface area contributed by atoms with Crippen LogP contribution in [0.5, 0.6) is 0 Å². The Morgan fingerprint density at radius 1 is 1.26 bits per heavy atom. The van der Waals surface area contributed by atoms with Gasteiger partial charge in [0, 0.05) is 10.9 Å². The number of aromatic nitrogens is 3. The van der Waals surface area contributed by atoms with E-state index in [0.717, 1.165) is 22.5 Å². The van der Waals surface area contributed by atoms with E-state index in [4.69, 9.17) is 4.74 Å². The van der Waals surface area contributed by atoms with E-state index in [-0.39, 0.29) is 23.8 Å². The fraction of sp³-hybridized carbons (Fsp3) is 0.240. The lowest BCUT2D eigenvalue weighted by molar-refractivity contribution is -0.116. The summed E-state index contributed by atoms with van der Waals surface area (Å²) >= 11 is 2.41. The second kappa shape index (κ2) is 10.3. The maximum atomic E-state index is 13.3. The normalized spacial score (nSPS) is 11.1. The van der Waals surface area contributed by atoms with Gasteiger partial charge in [0.1, 0.15) is 22.9 Å². The molecule has 35 heavy (non-hydrogen) atoms. The Kier molecular flexibility index (Phi) is 7.23. The topological polar surface area (TPSA) is 103 Å². The predicted octanol–water partition coefficient (Wildman–Crippen LogP) is 4.99. The van der Waals surface area contributed by atoms with Gasteiger partial charge < -0.3 is 10.1 Å². The molecule has 3 aromatic heterocycles. The first kappa shape index (κ1) is 24.5. The number of anilines is 1. The van der Waals surface area contributed by atoms with Crippen LogP contribution in [0.1, 0.15) is 40.7 Å². The summed E-state index contributed by atoms with van der Waals surface area (Å²) in [5, 5.41) is 5.30. The SMILES string of the molecule is C=CCOC(=O)c1sc(NC(=O)Cn2cnc3scc(-c4ccc(C(C)C)cc4)c3c2=O)nc1C. The third-order valence-corrected chi connectivity index (χ3v) is 7.26. The Hall–Kier alpha value is -3.63. The van der Waals surface area contributed by atoms with Crippen LogP contribution in [-0.4, -0.2) is 33.0 Å². The van der Waals surface area contributed by atoms with Crippen molar-refractivity contribution in [3.63, 3.8) is 0 Å². The highest BCUT2D eigenvalue weighted by molar-refractivity contribution is 7.17. The van der Waals surface area contributed by atoms with Crippen molar-refractivity contribution >= 4 is 49.9 Å². The quantitative estimate of drug-likeness (QED) is 0.266. The van der Waals surface area contributed by atoms with Crippen LogP contribution in [0, 0.1) is 6.92 Å². The number of nitrogens with one attached hydrogen (secondary N) is 1. The number of carbonyl (C=O) groups excluding carboxylic acids is 2. The summed E-state index contributed by atoms with van der Waals surface area (Å²) in [5.74, 6) is -0.570. The average Bonchev–Trinajstić information content (AvgIpc) is 3.43. The van der Waals surface area contributed by atoms with Gasteiger partial charge in [0.15, 0.2) is 5.13 Å². The van der Waals surface area contributed by atoms with E-state index >= 15 is 0 Å². The number of carbonyl (C=O) groups is 2. The molecule has 0 aliphatic carbocycles. The molecule has 180 valence electrons. The van der Waals surface area contributed by atoms with Gasteiger partial charge in [-0.05, 0) is 24.0 Å². The summed E-state index contributed by atoms with van der Waals surface area (Å²) in [4.78, 5) is 47.5. The minimum absolute atomic E-state index is 0.0860. The molecule has 1 amide bonds. The first-order valence-corrected chi connectivity index (χ1v) is 12.6. The number of amides is 1. The highest BCUT2D eigenvalue weighted by atomic mass is 32.1. The van der Waals surface area contributed by atoms with Crippen LogP contribution in [0.15, 0.2) is 53.4 Å². The third kappa shape index (κ3) is 5.23. The van der Waals surface area contributed by atoms with Gasteiger partial charge in [0.2, 0.25) is 5.91 Å². The molecule has 0 saturated carbocycles. The van der Waals surface area contributed by atoms with Gasteiger partial charge >= 0.3 is 5.97 Å². The Morgan fingerprint density at radius 2 is 2.00 bits per heavy atom. The van der Waals surface area contributed by atoms with Gasteiger partial charge in [-0.25, -0.2) is 14.8 Å². The van der Waals surface area contributed by atoms with Gasteiger partial charge in [-0.3, -0.25) is 14.2 Å². The molecule has 4 aromatic rings. The summed E-state index contributed by atoms with van der Waals surface area (Å²) in [7, 11) is 0. The number of thiazole rings is 1. The Bertz CT molecular complexity index is 1470. The Balaban J connectivity index is 1.55. The molecule has 8 nitrogen and oxygen atoms in total. The van der Waals surface area contributed by atoms with E-state index in [9.17, 15) is 14.4 Å². The summed E-state index contributed by atoms with van der Waals surface area (Å²) in [5.41, 5.74) is 3.10. The van der Waals surface area contributed by atoms with Crippen LogP contribution in [-0.2, 0) is 16.1 Å². The zero-order chi connectivity index (χ0) is 25.1. The molecule has 0 unspecified atom stereocenters. The van der Waals surface area contributed by atoms with Gasteiger partial charge in [0.05, 0.1) is 17.4 Å². The predicted molar refractivity (Wildman–Crippen MR) is 139 cm³/mol. The van der Waals surface area contributed by atoms with Gasteiger partial charge in [-0.1, -0.05) is 62.1 Å². The Labute approximate surface area is 209 Å². The second-order valence-electron chi connectivity index (χ2n) is 8.15. The monoisotopic (exact) mass is 508 g/mol. The molecule has 10 heteroatoms. The lowest BCUT2D eigenvalue weighted by Gasteiger charge is -2.08. The molecule has 1 N–H and O–H groups in total. The number of benzene rings is 1. The van der Waals surface area contributed by atoms with Crippen LogP contribution in [0.25, 0.3) is 21.3 Å². The van der Waals surface area contributed by atoms with E-state index < -0.39 is 11.9 Å². The lowest BCUT2D eigenvalue weighted by Crippen LogP contribution is -2.27. The maximum absolute atomic E-state index is 13.3. The van der Waals surface area contributed by atoms with Crippen molar-refractivity contribution in [2.75, 3.05) is 11.9 Å². The summed E-state index contributed by atoms with van der Waals surface area (Å²) in [6.45, 7) is 9.27. The van der Waals surface area contributed by atoms with Crippen LogP contribution < -0.4 is 10.9 Å². The maximum Gasteiger partial charge on any atom is 0.350 e. The molecule has 1 aromatic carbocycles. The van der Waals surface area contributed by atoms with Gasteiger partial charge in [-0.15, -0.1) is 11.3 Å². The number of aryl methyl sites for hydroxylation is 1. The number of esters is 1. The number of ether oxygens (including phenoxy) is 1. The van der Waals surface area contributed by atoms with Crippen molar-refractivity contribution in [3.8, 4) is 11.1 Å². The van der Waals surface area contributed by atoms with E-state index in [1.54, 1.807) is 6.92 Å². The second-order valence-corrected chi connectivity index (χ2v) is 10.0. The first-order chi connectivity index (χ1) is 16.8. The number of thiophene rings is 1. The number of rotatable bonds is 8. The molecule has 4 rings (SSSR count). The van der Waals surface area contributed by atoms with Crippen molar-refractivity contribution in [1.82, 2.24) is 14.5 Å². The van der Waals surface area contributed by atoms with Crippen LogP contribution in [0.4, 0.5) is 5.13 Å². The number of fused-ring (bicyclic) bond motifs is 1. The largest absolute Gasteiger partial charge is 0.457 e. The van der Waals surface area contributed by atoms with E-state index in [1.165, 1.54) is 33.9 Å². The zero-order valence-corrected chi connectivity index (χ0v) is 21.2. The average molecular weight is 509 g/mol. The molecule has 3 heterocycles. The first-order valence-electron chi connectivity index (χ1n) is 10.9. The molecular formula is C25H24N4O4S2. The standard InChI is InChI=1S/C25H24N4O4S2/c1-5-10-33-24(32)21-15(4)27-25(35-21)28-19(30)11-29-13-26-22-20(23(29)31)18(12-34-22)17-8-6-16(7-9-17)14(2)3/h5-9,12-14H,1,10-11H2,2-4H3,(H,27,28,30). The van der Waals surface area contributed by atoms with Crippen molar-refractivity contribution in [3.05, 3.63) is 75.1 Å².